The van der Waals surface area contributed by atoms with E-state index < -0.39 is 15.9 Å². The minimum absolute atomic E-state index is 0.132. The summed E-state index contributed by atoms with van der Waals surface area (Å²) in [6, 6.07) is 18.8. The summed E-state index contributed by atoms with van der Waals surface area (Å²) in [5.41, 5.74) is 1.33. The number of rotatable bonds is 8. The van der Waals surface area contributed by atoms with Crippen LogP contribution in [0.4, 0.5) is 5.69 Å². The van der Waals surface area contributed by atoms with Crippen molar-refractivity contribution in [3.63, 3.8) is 0 Å². The minimum atomic E-state index is -3.66. The Morgan fingerprint density at radius 2 is 1.71 bits per heavy atom. The fourth-order valence-corrected chi connectivity index (χ4v) is 4.67. The predicted molar refractivity (Wildman–Crippen MR) is 129 cm³/mol. The maximum absolute atomic E-state index is 12.9. The number of ether oxygens (including phenoxy) is 2. The van der Waals surface area contributed by atoms with Gasteiger partial charge in [-0.3, -0.25) is 4.79 Å². The molecule has 4 aromatic rings. The van der Waals surface area contributed by atoms with Crippen LogP contribution >= 0.6 is 0 Å². The van der Waals surface area contributed by atoms with Crippen molar-refractivity contribution in [2.45, 2.75) is 11.3 Å². The summed E-state index contributed by atoms with van der Waals surface area (Å²) >= 11 is 0. The SMILES string of the molecule is CNS(=O)(=O)c1cccc2c(NC(=O)c3ccc(Cc4cc(OC)ccc4OC)o3)cccc12. The van der Waals surface area contributed by atoms with Gasteiger partial charge in [-0.2, -0.15) is 0 Å². The van der Waals surface area contributed by atoms with E-state index in [2.05, 4.69) is 10.0 Å². The Kier molecular flexibility index (Phi) is 6.58. The molecule has 9 heteroatoms. The fraction of sp³-hybridized carbons (Fsp3) is 0.160. The highest BCUT2D eigenvalue weighted by molar-refractivity contribution is 7.89. The molecule has 2 N–H and O–H groups in total. The number of benzene rings is 3. The molecule has 0 unspecified atom stereocenters. The van der Waals surface area contributed by atoms with Crippen molar-refractivity contribution in [3.05, 3.63) is 83.8 Å². The third kappa shape index (κ3) is 4.61. The van der Waals surface area contributed by atoms with Crippen LogP contribution in [0.25, 0.3) is 10.8 Å². The van der Waals surface area contributed by atoms with Crippen LogP contribution in [0.2, 0.25) is 0 Å². The normalized spacial score (nSPS) is 11.4. The van der Waals surface area contributed by atoms with Gasteiger partial charge in [0.15, 0.2) is 5.76 Å². The third-order valence-electron chi connectivity index (χ3n) is 5.43. The van der Waals surface area contributed by atoms with Crippen LogP contribution < -0.4 is 19.5 Å². The molecule has 4 rings (SSSR count). The molecule has 1 aromatic heterocycles. The maximum atomic E-state index is 12.9. The largest absolute Gasteiger partial charge is 0.497 e. The van der Waals surface area contributed by atoms with E-state index in [4.69, 9.17) is 13.9 Å². The van der Waals surface area contributed by atoms with Crippen molar-refractivity contribution in [1.29, 1.82) is 0 Å². The van der Waals surface area contributed by atoms with Gasteiger partial charge in [-0.05, 0) is 49.5 Å². The van der Waals surface area contributed by atoms with Gasteiger partial charge in [-0.25, -0.2) is 13.1 Å². The van der Waals surface area contributed by atoms with Crippen LogP contribution in [-0.2, 0) is 16.4 Å². The van der Waals surface area contributed by atoms with Crippen molar-refractivity contribution >= 4 is 32.4 Å². The second-order valence-corrected chi connectivity index (χ2v) is 9.29. The Bertz CT molecular complexity index is 1460. The number of fused-ring (bicyclic) bond motifs is 1. The quantitative estimate of drug-likeness (QED) is 0.391. The number of carbonyl (C=O) groups excluding carboxylic acids is 1. The van der Waals surface area contributed by atoms with E-state index in [9.17, 15) is 13.2 Å². The lowest BCUT2D eigenvalue weighted by atomic mass is 10.1. The molecule has 0 aliphatic rings. The first-order valence-electron chi connectivity index (χ1n) is 10.4. The summed E-state index contributed by atoms with van der Waals surface area (Å²) in [5.74, 6) is 1.64. The van der Waals surface area contributed by atoms with Crippen molar-refractivity contribution in [2.24, 2.45) is 0 Å². The second kappa shape index (κ2) is 9.58. The number of nitrogens with one attached hydrogen (secondary N) is 2. The first kappa shape index (κ1) is 23.3. The average molecular weight is 481 g/mol. The summed E-state index contributed by atoms with van der Waals surface area (Å²) in [4.78, 5) is 13.0. The zero-order valence-electron chi connectivity index (χ0n) is 18.9. The van der Waals surface area contributed by atoms with E-state index in [1.807, 2.05) is 12.1 Å². The van der Waals surface area contributed by atoms with Gasteiger partial charge in [-0.1, -0.05) is 24.3 Å². The molecule has 0 bridgehead atoms. The summed E-state index contributed by atoms with van der Waals surface area (Å²) in [6.07, 6.45) is 0.410. The average Bonchev–Trinajstić information content (AvgIpc) is 3.32. The molecule has 176 valence electrons. The number of methoxy groups -OCH3 is 2. The van der Waals surface area contributed by atoms with Gasteiger partial charge in [0.05, 0.1) is 19.1 Å². The zero-order valence-corrected chi connectivity index (χ0v) is 19.7. The van der Waals surface area contributed by atoms with Gasteiger partial charge in [0, 0.05) is 28.4 Å². The number of hydrogen-bond donors (Lipinski definition) is 2. The molecule has 0 fully saturated rings. The number of sulfonamides is 1. The van der Waals surface area contributed by atoms with E-state index >= 15 is 0 Å². The van der Waals surface area contributed by atoms with Gasteiger partial charge >= 0.3 is 0 Å². The Morgan fingerprint density at radius 3 is 2.44 bits per heavy atom. The number of furan rings is 1. The number of amides is 1. The van der Waals surface area contributed by atoms with E-state index in [-0.39, 0.29) is 10.7 Å². The van der Waals surface area contributed by atoms with E-state index in [1.54, 1.807) is 62.8 Å². The monoisotopic (exact) mass is 480 g/mol. The minimum Gasteiger partial charge on any atom is -0.497 e. The summed E-state index contributed by atoms with van der Waals surface area (Å²) in [5, 5.41) is 3.92. The summed E-state index contributed by atoms with van der Waals surface area (Å²) in [6.45, 7) is 0. The summed E-state index contributed by atoms with van der Waals surface area (Å²) in [7, 11) is 0.872. The number of hydrogen-bond acceptors (Lipinski definition) is 6. The van der Waals surface area contributed by atoms with Crippen LogP contribution in [0, 0.1) is 0 Å². The van der Waals surface area contributed by atoms with Crippen molar-refractivity contribution < 1.29 is 27.1 Å². The molecule has 0 radical (unpaired) electrons. The maximum Gasteiger partial charge on any atom is 0.291 e. The number of carbonyl (C=O) groups is 1. The van der Waals surface area contributed by atoms with Gasteiger partial charge in [0.25, 0.3) is 5.91 Å². The fourth-order valence-electron chi connectivity index (χ4n) is 3.72. The smallest absolute Gasteiger partial charge is 0.291 e. The van der Waals surface area contributed by atoms with Crippen molar-refractivity contribution in [1.82, 2.24) is 4.72 Å². The molecule has 0 saturated heterocycles. The van der Waals surface area contributed by atoms with Crippen molar-refractivity contribution in [2.75, 3.05) is 26.6 Å². The lowest BCUT2D eigenvalue weighted by Gasteiger charge is -2.11. The van der Waals surface area contributed by atoms with Crippen LogP contribution in [0.3, 0.4) is 0 Å². The lowest BCUT2D eigenvalue weighted by Crippen LogP contribution is -2.19. The molecule has 0 aliphatic heterocycles. The Labute approximate surface area is 197 Å². The Morgan fingerprint density at radius 1 is 0.941 bits per heavy atom. The molecular weight excluding hydrogens is 456 g/mol. The second-order valence-electron chi connectivity index (χ2n) is 7.44. The topological polar surface area (TPSA) is 107 Å². The highest BCUT2D eigenvalue weighted by Gasteiger charge is 2.18. The van der Waals surface area contributed by atoms with Gasteiger partial charge in [-0.15, -0.1) is 0 Å². The first-order valence-corrected chi connectivity index (χ1v) is 11.9. The highest BCUT2D eigenvalue weighted by Crippen LogP contribution is 2.30. The molecule has 3 aromatic carbocycles. The molecular formula is C25H24N2O6S. The molecule has 0 aliphatic carbocycles. The lowest BCUT2D eigenvalue weighted by molar-refractivity contribution is 0.0995. The van der Waals surface area contributed by atoms with Gasteiger partial charge in [0.2, 0.25) is 10.0 Å². The standard InChI is InChI=1S/C25H24N2O6S/c1-26-34(29,30)24-9-5-6-19-20(24)7-4-8-21(19)27-25(28)23-13-11-18(33-23)15-16-14-17(31-2)10-12-22(16)32-3/h4-14,26H,15H2,1-3H3,(H,27,28). The van der Waals surface area contributed by atoms with Crippen LogP contribution in [0.5, 0.6) is 11.5 Å². The van der Waals surface area contributed by atoms with E-state index in [1.165, 1.54) is 13.1 Å². The molecule has 0 atom stereocenters. The van der Waals surface area contributed by atoms with Gasteiger partial charge in [0.1, 0.15) is 17.3 Å². The molecule has 1 heterocycles. The van der Waals surface area contributed by atoms with E-state index in [0.717, 1.165) is 5.56 Å². The van der Waals surface area contributed by atoms with Crippen LogP contribution in [-0.4, -0.2) is 35.6 Å². The van der Waals surface area contributed by atoms with Crippen molar-refractivity contribution in [3.8, 4) is 11.5 Å². The van der Waals surface area contributed by atoms with E-state index in [0.29, 0.717) is 40.1 Å². The molecule has 34 heavy (non-hydrogen) atoms. The van der Waals surface area contributed by atoms with Gasteiger partial charge < -0.3 is 19.2 Å². The predicted octanol–water partition coefficient (Wildman–Crippen LogP) is 4.20. The highest BCUT2D eigenvalue weighted by atomic mass is 32.2. The first-order chi connectivity index (χ1) is 16.4. The Hall–Kier alpha value is -3.82. The number of anilines is 1. The van der Waals surface area contributed by atoms with Crippen LogP contribution in [0.15, 0.2) is 76.0 Å². The summed E-state index contributed by atoms with van der Waals surface area (Å²) < 4.78 is 43.6. The third-order valence-corrected chi connectivity index (χ3v) is 6.90. The molecule has 8 nitrogen and oxygen atoms in total. The Balaban J connectivity index is 1.59. The molecule has 0 spiro atoms. The zero-order chi connectivity index (χ0) is 24.3. The molecule has 1 amide bonds. The van der Waals surface area contributed by atoms with Crippen LogP contribution in [0.1, 0.15) is 21.9 Å². The molecule has 0 saturated carbocycles.